The molecule has 0 spiro atoms. The largest absolute Gasteiger partial charge is 0.396 e. The van der Waals surface area contributed by atoms with Gasteiger partial charge >= 0.3 is 0 Å². The van der Waals surface area contributed by atoms with E-state index in [-0.39, 0.29) is 18.6 Å². The van der Waals surface area contributed by atoms with E-state index in [9.17, 15) is 10.2 Å². The van der Waals surface area contributed by atoms with Crippen LogP contribution in [0.1, 0.15) is 44.9 Å². The second-order valence-corrected chi connectivity index (χ2v) is 5.27. The molecule has 2 rings (SSSR count). The smallest absolute Gasteiger partial charge is 0.0490 e. The molecule has 0 saturated heterocycles. The molecule has 0 amide bonds. The Morgan fingerprint density at radius 1 is 1.00 bits per heavy atom. The zero-order chi connectivity index (χ0) is 10.0. The van der Waals surface area contributed by atoms with Crippen LogP contribution in [0.2, 0.25) is 0 Å². The summed E-state index contributed by atoms with van der Waals surface area (Å²) in [7, 11) is 0. The molecule has 3 unspecified atom stereocenters. The SMILES string of the molecule is OCC1CCC2CCCC1(CO)CC2. The van der Waals surface area contributed by atoms with Crippen molar-refractivity contribution in [2.45, 2.75) is 44.9 Å². The van der Waals surface area contributed by atoms with Crippen molar-refractivity contribution in [2.75, 3.05) is 13.2 Å². The van der Waals surface area contributed by atoms with E-state index in [1.807, 2.05) is 0 Å². The Kier molecular flexibility index (Phi) is 3.13. The molecular weight excluding hydrogens is 176 g/mol. The zero-order valence-electron chi connectivity index (χ0n) is 8.91. The first-order valence-electron chi connectivity index (χ1n) is 6.02. The van der Waals surface area contributed by atoms with Crippen LogP contribution in [-0.4, -0.2) is 23.4 Å². The first-order valence-corrected chi connectivity index (χ1v) is 6.02. The number of aliphatic hydroxyl groups is 2. The predicted molar refractivity (Wildman–Crippen MR) is 55.9 cm³/mol. The summed E-state index contributed by atoms with van der Waals surface area (Å²) < 4.78 is 0. The first-order chi connectivity index (χ1) is 6.80. The number of hydrogen-bond acceptors (Lipinski definition) is 2. The van der Waals surface area contributed by atoms with E-state index in [1.54, 1.807) is 0 Å². The van der Waals surface area contributed by atoms with E-state index in [1.165, 1.54) is 25.7 Å². The molecule has 0 aromatic rings. The Balaban J connectivity index is 2.19. The van der Waals surface area contributed by atoms with Crippen molar-refractivity contribution < 1.29 is 10.2 Å². The molecule has 82 valence electrons. The Morgan fingerprint density at radius 2 is 1.86 bits per heavy atom. The zero-order valence-corrected chi connectivity index (χ0v) is 8.91. The van der Waals surface area contributed by atoms with E-state index in [2.05, 4.69) is 0 Å². The van der Waals surface area contributed by atoms with Gasteiger partial charge in [-0.3, -0.25) is 0 Å². The minimum Gasteiger partial charge on any atom is -0.396 e. The lowest BCUT2D eigenvalue weighted by molar-refractivity contribution is 0.0127. The fourth-order valence-electron chi connectivity index (χ4n) is 3.52. The van der Waals surface area contributed by atoms with E-state index >= 15 is 0 Å². The van der Waals surface area contributed by atoms with Gasteiger partial charge in [0.1, 0.15) is 0 Å². The lowest BCUT2D eigenvalue weighted by Gasteiger charge is -2.37. The summed E-state index contributed by atoms with van der Waals surface area (Å²) in [6.45, 7) is 0.554. The molecule has 2 nitrogen and oxygen atoms in total. The van der Waals surface area contributed by atoms with Crippen molar-refractivity contribution in [3.05, 3.63) is 0 Å². The first kappa shape index (κ1) is 10.4. The van der Waals surface area contributed by atoms with Crippen molar-refractivity contribution >= 4 is 0 Å². The molecule has 0 aliphatic heterocycles. The molecule has 0 aromatic carbocycles. The number of fused-ring (bicyclic) bond motifs is 3. The van der Waals surface area contributed by atoms with Crippen molar-refractivity contribution in [2.24, 2.45) is 17.3 Å². The highest BCUT2D eigenvalue weighted by Gasteiger charge is 2.41. The normalized spacial score (nSPS) is 43.3. The van der Waals surface area contributed by atoms with Crippen LogP contribution in [-0.2, 0) is 0 Å². The topological polar surface area (TPSA) is 40.5 Å². The van der Waals surface area contributed by atoms with Crippen LogP contribution in [0.5, 0.6) is 0 Å². The molecule has 14 heavy (non-hydrogen) atoms. The van der Waals surface area contributed by atoms with Crippen molar-refractivity contribution in [3.63, 3.8) is 0 Å². The standard InChI is InChI=1S/C12H22O2/c13-8-11-4-3-10-2-1-6-12(11,9-14)7-5-10/h10-11,13-14H,1-9H2. The maximum atomic E-state index is 9.61. The van der Waals surface area contributed by atoms with Gasteiger partial charge in [-0.1, -0.05) is 19.3 Å². The molecule has 2 heteroatoms. The highest BCUT2D eigenvalue weighted by atomic mass is 16.3. The Labute approximate surface area is 86.3 Å². The maximum absolute atomic E-state index is 9.61. The van der Waals surface area contributed by atoms with E-state index in [0.717, 1.165) is 25.2 Å². The van der Waals surface area contributed by atoms with E-state index < -0.39 is 0 Å². The Hall–Kier alpha value is -0.0800. The van der Waals surface area contributed by atoms with Gasteiger partial charge in [-0.2, -0.15) is 0 Å². The molecule has 2 saturated carbocycles. The van der Waals surface area contributed by atoms with Gasteiger partial charge in [0.2, 0.25) is 0 Å². The maximum Gasteiger partial charge on any atom is 0.0490 e. The van der Waals surface area contributed by atoms with Gasteiger partial charge < -0.3 is 10.2 Å². The summed E-state index contributed by atoms with van der Waals surface area (Å²) in [5.74, 6) is 1.23. The second-order valence-electron chi connectivity index (χ2n) is 5.27. The molecule has 2 fully saturated rings. The Morgan fingerprint density at radius 3 is 2.57 bits per heavy atom. The summed E-state index contributed by atoms with van der Waals surface area (Å²) in [5, 5.41) is 19.0. The summed E-state index contributed by atoms with van der Waals surface area (Å²) in [6, 6.07) is 0. The molecule has 2 N–H and O–H groups in total. The summed E-state index contributed by atoms with van der Waals surface area (Å²) in [4.78, 5) is 0. The van der Waals surface area contributed by atoms with Crippen LogP contribution in [0.4, 0.5) is 0 Å². The third kappa shape index (κ3) is 1.70. The lowest BCUT2D eigenvalue weighted by Crippen LogP contribution is -2.35. The van der Waals surface area contributed by atoms with Crippen LogP contribution >= 0.6 is 0 Å². The highest BCUT2D eigenvalue weighted by Crippen LogP contribution is 2.48. The molecule has 2 bridgehead atoms. The van der Waals surface area contributed by atoms with Gasteiger partial charge in [0, 0.05) is 13.2 Å². The molecule has 0 radical (unpaired) electrons. The summed E-state index contributed by atoms with van der Waals surface area (Å²) >= 11 is 0. The minimum atomic E-state index is 0.0694. The highest BCUT2D eigenvalue weighted by molar-refractivity contribution is 4.92. The number of rotatable bonds is 2. The van der Waals surface area contributed by atoms with Gasteiger partial charge in [-0.05, 0) is 42.9 Å². The molecular formula is C12H22O2. The van der Waals surface area contributed by atoms with Crippen molar-refractivity contribution in [3.8, 4) is 0 Å². The number of aliphatic hydroxyl groups excluding tert-OH is 2. The summed E-state index contributed by atoms with van der Waals surface area (Å²) in [5.41, 5.74) is 0.0694. The lowest BCUT2D eigenvalue weighted by atomic mass is 9.70. The molecule has 3 atom stereocenters. The van der Waals surface area contributed by atoms with Gasteiger partial charge in [0.05, 0.1) is 0 Å². The van der Waals surface area contributed by atoms with Gasteiger partial charge in [0.25, 0.3) is 0 Å². The van der Waals surface area contributed by atoms with Crippen molar-refractivity contribution in [1.82, 2.24) is 0 Å². The third-order valence-electron chi connectivity index (χ3n) is 4.66. The van der Waals surface area contributed by atoms with Crippen LogP contribution in [0.15, 0.2) is 0 Å². The summed E-state index contributed by atoms with van der Waals surface area (Å²) in [6.07, 6.45) is 8.54. The average molecular weight is 198 g/mol. The van der Waals surface area contributed by atoms with E-state index in [0.29, 0.717) is 5.92 Å². The van der Waals surface area contributed by atoms with Crippen LogP contribution < -0.4 is 0 Å². The monoisotopic (exact) mass is 198 g/mol. The van der Waals surface area contributed by atoms with Crippen LogP contribution in [0, 0.1) is 17.3 Å². The molecule has 0 aromatic heterocycles. The molecule has 0 heterocycles. The van der Waals surface area contributed by atoms with Gasteiger partial charge in [-0.25, -0.2) is 0 Å². The second kappa shape index (κ2) is 4.19. The van der Waals surface area contributed by atoms with Crippen LogP contribution in [0.3, 0.4) is 0 Å². The Bertz CT molecular complexity index is 193. The molecule has 2 aliphatic carbocycles. The average Bonchev–Trinajstić information content (AvgIpc) is 2.49. The third-order valence-corrected chi connectivity index (χ3v) is 4.66. The van der Waals surface area contributed by atoms with Gasteiger partial charge in [0.15, 0.2) is 0 Å². The number of hydrogen-bond donors (Lipinski definition) is 2. The predicted octanol–water partition coefficient (Wildman–Crippen LogP) is 1.95. The fraction of sp³-hybridized carbons (Fsp3) is 1.00. The quantitative estimate of drug-likeness (QED) is 0.712. The fourth-order valence-corrected chi connectivity index (χ4v) is 3.52. The van der Waals surface area contributed by atoms with Gasteiger partial charge in [-0.15, -0.1) is 0 Å². The minimum absolute atomic E-state index is 0.0694. The van der Waals surface area contributed by atoms with E-state index in [4.69, 9.17) is 0 Å². The van der Waals surface area contributed by atoms with Crippen molar-refractivity contribution in [1.29, 1.82) is 0 Å². The molecule has 2 aliphatic rings. The van der Waals surface area contributed by atoms with Crippen LogP contribution in [0.25, 0.3) is 0 Å².